The lowest BCUT2D eigenvalue weighted by Gasteiger charge is -2.06. The Morgan fingerprint density at radius 3 is 2.72 bits per heavy atom. The molecule has 0 saturated heterocycles. The van der Waals surface area contributed by atoms with Crippen LogP contribution in [0.4, 0.5) is 4.39 Å². The first-order valence-corrected chi connectivity index (χ1v) is 6.09. The third-order valence-electron chi connectivity index (χ3n) is 2.39. The SMILES string of the molecule is O=C(NCc1ccccc1F)c1ccc(Br)nc1. The minimum atomic E-state index is -0.327. The monoisotopic (exact) mass is 308 g/mol. The van der Waals surface area contributed by atoms with Crippen LogP contribution in [0.1, 0.15) is 15.9 Å². The highest BCUT2D eigenvalue weighted by Gasteiger charge is 2.07. The number of nitrogens with zero attached hydrogens (tertiary/aromatic N) is 1. The summed E-state index contributed by atoms with van der Waals surface area (Å²) in [6.45, 7) is 0.154. The molecule has 1 aromatic heterocycles. The number of carbonyl (C=O) groups excluding carboxylic acids is 1. The first-order valence-electron chi connectivity index (χ1n) is 5.30. The summed E-state index contributed by atoms with van der Waals surface area (Å²) in [6.07, 6.45) is 1.46. The van der Waals surface area contributed by atoms with Gasteiger partial charge >= 0.3 is 0 Å². The maximum absolute atomic E-state index is 13.3. The summed E-state index contributed by atoms with van der Waals surface area (Å²) >= 11 is 3.19. The van der Waals surface area contributed by atoms with Crippen molar-refractivity contribution in [3.05, 3.63) is 64.1 Å². The molecule has 2 rings (SSSR count). The Morgan fingerprint density at radius 1 is 1.28 bits per heavy atom. The quantitative estimate of drug-likeness (QED) is 0.886. The van der Waals surface area contributed by atoms with E-state index in [1.54, 1.807) is 30.3 Å². The van der Waals surface area contributed by atoms with Crippen molar-refractivity contribution < 1.29 is 9.18 Å². The van der Waals surface area contributed by atoms with Gasteiger partial charge in [-0.3, -0.25) is 4.79 Å². The molecule has 0 saturated carbocycles. The van der Waals surface area contributed by atoms with Gasteiger partial charge in [0.25, 0.3) is 5.91 Å². The number of benzene rings is 1. The predicted molar refractivity (Wildman–Crippen MR) is 69.5 cm³/mol. The van der Waals surface area contributed by atoms with Crippen LogP contribution in [-0.2, 0) is 6.54 Å². The van der Waals surface area contributed by atoms with Gasteiger partial charge in [0, 0.05) is 18.3 Å². The second-order valence-electron chi connectivity index (χ2n) is 3.64. The molecule has 0 aliphatic rings. The van der Waals surface area contributed by atoms with Gasteiger partial charge in [-0.1, -0.05) is 18.2 Å². The van der Waals surface area contributed by atoms with Crippen molar-refractivity contribution >= 4 is 21.8 Å². The van der Waals surface area contributed by atoms with E-state index in [-0.39, 0.29) is 18.3 Å². The molecule has 5 heteroatoms. The lowest BCUT2D eigenvalue weighted by atomic mass is 10.2. The van der Waals surface area contributed by atoms with Gasteiger partial charge < -0.3 is 5.32 Å². The number of aromatic nitrogens is 1. The van der Waals surface area contributed by atoms with Gasteiger partial charge in [-0.05, 0) is 34.1 Å². The highest BCUT2D eigenvalue weighted by Crippen LogP contribution is 2.08. The number of hydrogen-bond acceptors (Lipinski definition) is 2. The first kappa shape index (κ1) is 12.7. The number of amides is 1. The second kappa shape index (κ2) is 5.73. The molecule has 92 valence electrons. The van der Waals surface area contributed by atoms with Crippen molar-refractivity contribution in [2.75, 3.05) is 0 Å². The number of carbonyl (C=O) groups is 1. The van der Waals surface area contributed by atoms with Crippen LogP contribution in [0.2, 0.25) is 0 Å². The van der Waals surface area contributed by atoms with Gasteiger partial charge in [0.2, 0.25) is 0 Å². The van der Waals surface area contributed by atoms with Gasteiger partial charge in [0.1, 0.15) is 10.4 Å². The zero-order valence-electron chi connectivity index (χ0n) is 9.36. The molecule has 1 N–H and O–H groups in total. The molecular formula is C13H10BrFN2O. The summed E-state index contributed by atoms with van der Waals surface area (Å²) in [4.78, 5) is 15.7. The molecule has 0 radical (unpaired) electrons. The fourth-order valence-corrected chi connectivity index (χ4v) is 1.66. The Bertz CT molecular complexity index is 557. The summed E-state index contributed by atoms with van der Waals surface area (Å²) < 4.78 is 14.0. The van der Waals surface area contributed by atoms with E-state index in [1.165, 1.54) is 12.3 Å². The fraction of sp³-hybridized carbons (Fsp3) is 0.0769. The van der Waals surface area contributed by atoms with E-state index in [4.69, 9.17) is 0 Å². The summed E-state index contributed by atoms with van der Waals surface area (Å²) in [5, 5.41) is 2.64. The van der Waals surface area contributed by atoms with Gasteiger partial charge in [0.15, 0.2) is 0 Å². The maximum Gasteiger partial charge on any atom is 0.253 e. The topological polar surface area (TPSA) is 42.0 Å². The van der Waals surface area contributed by atoms with Crippen molar-refractivity contribution in [3.63, 3.8) is 0 Å². The standard InChI is InChI=1S/C13H10BrFN2O/c14-12-6-5-10(8-16-12)13(18)17-7-9-3-1-2-4-11(9)15/h1-6,8H,7H2,(H,17,18). The van der Waals surface area contributed by atoms with Crippen LogP contribution >= 0.6 is 15.9 Å². The minimum Gasteiger partial charge on any atom is -0.348 e. The van der Waals surface area contributed by atoms with E-state index < -0.39 is 0 Å². The van der Waals surface area contributed by atoms with Crippen molar-refractivity contribution in [2.45, 2.75) is 6.54 Å². The smallest absolute Gasteiger partial charge is 0.253 e. The minimum absolute atomic E-state index is 0.154. The van der Waals surface area contributed by atoms with Crippen LogP contribution in [0, 0.1) is 5.82 Å². The largest absolute Gasteiger partial charge is 0.348 e. The Kier molecular flexibility index (Phi) is 4.04. The zero-order valence-corrected chi connectivity index (χ0v) is 10.9. The molecule has 1 aromatic carbocycles. The lowest BCUT2D eigenvalue weighted by molar-refractivity contribution is 0.0950. The van der Waals surface area contributed by atoms with Gasteiger partial charge in [-0.25, -0.2) is 9.37 Å². The van der Waals surface area contributed by atoms with Crippen molar-refractivity contribution in [1.29, 1.82) is 0 Å². The van der Waals surface area contributed by atoms with Crippen LogP contribution in [0.5, 0.6) is 0 Å². The van der Waals surface area contributed by atoms with Crippen molar-refractivity contribution in [2.24, 2.45) is 0 Å². The number of hydrogen-bond donors (Lipinski definition) is 1. The summed E-state index contributed by atoms with van der Waals surface area (Å²) in [5.41, 5.74) is 0.894. The fourth-order valence-electron chi connectivity index (χ4n) is 1.43. The average Bonchev–Trinajstić information content (AvgIpc) is 2.38. The predicted octanol–water partition coefficient (Wildman–Crippen LogP) is 2.91. The van der Waals surface area contributed by atoms with Gasteiger partial charge in [0.05, 0.1) is 5.56 Å². The lowest BCUT2D eigenvalue weighted by Crippen LogP contribution is -2.23. The second-order valence-corrected chi connectivity index (χ2v) is 4.46. The molecule has 0 bridgehead atoms. The Balaban J connectivity index is 2.01. The summed E-state index contributed by atoms with van der Waals surface area (Å²) in [6, 6.07) is 9.66. The molecule has 0 aliphatic carbocycles. The Hall–Kier alpha value is -1.75. The maximum atomic E-state index is 13.3. The molecule has 0 unspecified atom stereocenters. The molecule has 1 amide bonds. The average molecular weight is 309 g/mol. The van der Waals surface area contributed by atoms with Crippen LogP contribution in [-0.4, -0.2) is 10.9 Å². The third kappa shape index (κ3) is 3.13. The zero-order chi connectivity index (χ0) is 13.0. The molecule has 18 heavy (non-hydrogen) atoms. The van der Waals surface area contributed by atoms with E-state index in [0.29, 0.717) is 15.7 Å². The molecule has 2 aromatic rings. The summed E-state index contributed by atoms with van der Waals surface area (Å²) in [5.74, 6) is -0.606. The van der Waals surface area contributed by atoms with E-state index in [0.717, 1.165) is 0 Å². The van der Waals surface area contributed by atoms with E-state index in [1.807, 2.05) is 0 Å². The highest BCUT2D eigenvalue weighted by atomic mass is 79.9. The van der Waals surface area contributed by atoms with E-state index in [2.05, 4.69) is 26.2 Å². The Morgan fingerprint density at radius 2 is 2.06 bits per heavy atom. The molecular weight excluding hydrogens is 299 g/mol. The first-order chi connectivity index (χ1) is 8.66. The number of nitrogens with one attached hydrogen (secondary N) is 1. The van der Waals surface area contributed by atoms with Gasteiger partial charge in [-0.2, -0.15) is 0 Å². The van der Waals surface area contributed by atoms with Crippen LogP contribution in [0.15, 0.2) is 47.2 Å². The number of halogens is 2. The Labute approximate surface area is 112 Å². The van der Waals surface area contributed by atoms with Crippen LogP contribution in [0.3, 0.4) is 0 Å². The van der Waals surface area contributed by atoms with Crippen LogP contribution < -0.4 is 5.32 Å². The normalized spacial score (nSPS) is 10.1. The van der Waals surface area contributed by atoms with Crippen LogP contribution in [0.25, 0.3) is 0 Å². The van der Waals surface area contributed by atoms with Gasteiger partial charge in [-0.15, -0.1) is 0 Å². The highest BCUT2D eigenvalue weighted by molar-refractivity contribution is 9.10. The molecule has 0 spiro atoms. The summed E-state index contributed by atoms with van der Waals surface area (Å²) in [7, 11) is 0. The third-order valence-corrected chi connectivity index (χ3v) is 2.86. The molecule has 1 heterocycles. The van der Waals surface area contributed by atoms with E-state index in [9.17, 15) is 9.18 Å². The molecule has 0 aliphatic heterocycles. The van der Waals surface area contributed by atoms with E-state index >= 15 is 0 Å². The molecule has 0 fully saturated rings. The van der Waals surface area contributed by atoms with Crippen molar-refractivity contribution in [3.8, 4) is 0 Å². The number of rotatable bonds is 3. The molecule has 3 nitrogen and oxygen atoms in total. The molecule has 0 atom stereocenters. The number of pyridine rings is 1. The van der Waals surface area contributed by atoms with Crippen molar-refractivity contribution in [1.82, 2.24) is 10.3 Å².